The average Bonchev–Trinajstić information content (AvgIpc) is 2.48. The summed E-state index contributed by atoms with van der Waals surface area (Å²) >= 11 is 3.45. The number of hydrogen-bond donors (Lipinski definition) is 2. The second-order valence-corrected chi connectivity index (χ2v) is 6.39. The lowest BCUT2D eigenvalue weighted by Crippen LogP contribution is -2.33. The smallest absolute Gasteiger partial charge is 0.252 e. The van der Waals surface area contributed by atoms with E-state index in [0.29, 0.717) is 30.9 Å². The number of amides is 1. The molecule has 1 amide bonds. The molecule has 1 saturated carbocycles. The molecule has 1 aromatic rings. The third-order valence-corrected chi connectivity index (χ3v) is 4.95. The Hall–Kier alpha value is -0.910. The Balaban J connectivity index is 1.71. The number of benzene rings is 1. The molecule has 1 aromatic carbocycles. The molecule has 0 atom stereocenters. The predicted molar refractivity (Wildman–Crippen MR) is 87.4 cm³/mol. The molecule has 0 saturated heterocycles. The first-order chi connectivity index (χ1) is 10.1. The Labute approximate surface area is 134 Å². The summed E-state index contributed by atoms with van der Waals surface area (Å²) in [6.45, 7) is 3.05. The molecule has 1 aliphatic rings. The number of nitrogens with one attached hydrogen (secondary N) is 1. The van der Waals surface area contributed by atoms with Gasteiger partial charge in [0.25, 0.3) is 5.91 Å². The van der Waals surface area contributed by atoms with Gasteiger partial charge in [-0.15, -0.1) is 0 Å². The predicted octanol–water partition coefficient (Wildman–Crippen LogP) is 2.77. The van der Waals surface area contributed by atoms with Crippen molar-refractivity contribution in [2.75, 3.05) is 13.2 Å². The van der Waals surface area contributed by atoms with Gasteiger partial charge in [0, 0.05) is 17.1 Å². The van der Waals surface area contributed by atoms with Gasteiger partial charge in [0.05, 0.1) is 18.3 Å². The van der Waals surface area contributed by atoms with Crippen LogP contribution in [0.15, 0.2) is 22.7 Å². The van der Waals surface area contributed by atoms with Crippen LogP contribution >= 0.6 is 15.9 Å². The van der Waals surface area contributed by atoms with Gasteiger partial charge in [-0.25, -0.2) is 0 Å². The SMILES string of the molecule is Cc1cccc(C(=O)NCCOC2CCC(N)CC2)c1Br. The number of rotatable bonds is 5. The molecule has 21 heavy (non-hydrogen) atoms. The topological polar surface area (TPSA) is 64.3 Å². The maximum atomic E-state index is 12.1. The van der Waals surface area contributed by atoms with Gasteiger partial charge in [0.15, 0.2) is 0 Å². The van der Waals surface area contributed by atoms with Gasteiger partial charge in [-0.3, -0.25) is 4.79 Å². The van der Waals surface area contributed by atoms with Crippen molar-refractivity contribution in [2.45, 2.75) is 44.8 Å². The van der Waals surface area contributed by atoms with Crippen molar-refractivity contribution in [3.8, 4) is 0 Å². The highest BCUT2D eigenvalue weighted by Crippen LogP contribution is 2.21. The zero-order chi connectivity index (χ0) is 15.2. The molecular formula is C16H23BrN2O2. The molecule has 5 heteroatoms. The van der Waals surface area contributed by atoms with Crippen molar-refractivity contribution in [1.82, 2.24) is 5.32 Å². The van der Waals surface area contributed by atoms with Gasteiger partial charge in [0.2, 0.25) is 0 Å². The average molecular weight is 355 g/mol. The van der Waals surface area contributed by atoms with Crippen molar-refractivity contribution in [3.63, 3.8) is 0 Å². The van der Waals surface area contributed by atoms with Crippen LogP contribution in [0, 0.1) is 6.92 Å². The van der Waals surface area contributed by atoms with Crippen LogP contribution in [-0.4, -0.2) is 31.2 Å². The number of ether oxygens (including phenoxy) is 1. The van der Waals surface area contributed by atoms with Gasteiger partial charge in [-0.05, 0) is 60.2 Å². The highest BCUT2D eigenvalue weighted by molar-refractivity contribution is 9.10. The van der Waals surface area contributed by atoms with E-state index in [2.05, 4.69) is 21.2 Å². The van der Waals surface area contributed by atoms with Crippen LogP contribution in [0.1, 0.15) is 41.6 Å². The normalized spacial score (nSPS) is 22.0. The van der Waals surface area contributed by atoms with Crippen LogP contribution in [0.25, 0.3) is 0 Å². The van der Waals surface area contributed by atoms with E-state index in [1.165, 1.54) is 0 Å². The van der Waals surface area contributed by atoms with Crippen LogP contribution in [-0.2, 0) is 4.74 Å². The summed E-state index contributed by atoms with van der Waals surface area (Å²) in [5.41, 5.74) is 7.58. The van der Waals surface area contributed by atoms with Crippen molar-refractivity contribution in [1.29, 1.82) is 0 Å². The fourth-order valence-electron chi connectivity index (χ4n) is 2.56. The quantitative estimate of drug-likeness (QED) is 0.799. The first kappa shape index (κ1) is 16.5. The van der Waals surface area contributed by atoms with E-state index in [4.69, 9.17) is 10.5 Å². The minimum atomic E-state index is -0.0696. The molecule has 0 bridgehead atoms. The molecule has 2 rings (SSSR count). The van der Waals surface area contributed by atoms with E-state index >= 15 is 0 Å². The van der Waals surface area contributed by atoms with Gasteiger partial charge < -0.3 is 15.8 Å². The summed E-state index contributed by atoms with van der Waals surface area (Å²) in [7, 11) is 0. The lowest BCUT2D eigenvalue weighted by Gasteiger charge is -2.26. The molecule has 0 aromatic heterocycles. The van der Waals surface area contributed by atoms with E-state index in [1.807, 2.05) is 25.1 Å². The van der Waals surface area contributed by atoms with Crippen LogP contribution < -0.4 is 11.1 Å². The number of hydrogen-bond acceptors (Lipinski definition) is 3. The van der Waals surface area contributed by atoms with Crippen LogP contribution in [0.4, 0.5) is 0 Å². The summed E-state index contributed by atoms with van der Waals surface area (Å²) in [5.74, 6) is -0.0696. The minimum absolute atomic E-state index is 0.0696. The van der Waals surface area contributed by atoms with Crippen LogP contribution in [0.5, 0.6) is 0 Å². The number of nitrogens with two attached hydrogens (primary N) is 1. The first-order valence-electron chi connectivity index (χ1n) is 7.48. The summed E-state index contributed by atoms with van der Waals surface area (Å²) in [4.78, 5) is 12.1. The fourth-order valence-corrected chi connectivity index (χ4v) is 3.01. The Morgan fingerprint density at radius 2 is 2.10 bits per heavy atom. The lowest BCUT2D eigenvalue weighted by atomic mass is 9.94. The van der Waals surface area contributed by atoms with Gasteiger partial charge in [-0.1, -0.05) is 12.1 Å². The van der Waals surface area contributed by atoms with Crippen LogP contribution in [0.3, 0.4) is 0 Å². The Morgan fingerprint density at radius 3 is 2.81 bits per heavy atom. The maximum absolute atomic E-state index is 12.1. The van der Waals surface area contributed by atoms with E-state index in [0.717, 1.165) is 35.7 Å². The van der Waals surface area contributed by atoms with Crippen molar-refractivity contribution >= 4 is 21.8 Å². The molecule has 1 fully saturated rings. The monoisotopic (exact) mass is 354 g/mol. The molecule has 0 aliphatic heterocycles. The first-order valence-corrected chi connectivity index (χ1v) is 8.27. The van der Waals surface area contributed by atoms with Gasteiger partial charge in [0.1, 0.15) is 0 Å². The third kappa shape index (κ3) is 4.80. The van der Waals surface area contributed by atoms with Gasteiger partial charge >= 0.3 is 0 Å². The summed E-state index contributed by atoms with van der Waals surface area (Å²) in [6.07, 6.45) is 4.42. The molecule has 3 N–H and O–H groups in total. The number of carbonyl (C=O) groups is 1. The second kappa shape index (κ2) is 7.92. The van der Waals surface area contributed by atoms with E-state index in [1.54, 1.807) is 0 Å². The maximum Gasteiger partial charge on any atom is 0.252 e. The number of halogens is 1. The van der Waals surface area contributed by atoms with Crippen molar-refractivity contribution in [3.05, 3.63) is 33.8 Å². The summed E-state index contributed by atoms with van der Waals surface area (Å²) < 4.78 is 6.64. The molecule has 4 nitrogen and oxygen atoms in total. The molecule has 116 valence electrons. The number of aryl methyl sites for hydroxylation is 1. The standard InChI is InChI=1S/C16H23BrN2O2/c1-11-3-2-4-14(15(11)17)16(20)19-9-10-21-13-7-5-12(18)6-8-13/h2-4,12-13H,5-10,18H2,1H3,(H,19,20). The second-order valence-electron chi connectivity index (χ2n) is 5.60. The highest BCUT2D eigenvalue weighted by Gasteiger charge is 2.18. The third-order valence-electron chi connectivity index (χ3n) is 3.90. The molecule has 0 unspecified atom stereocenters. The molecule has 0 radical (unpaired) electrons. The Morgan fingerprint density at radius 1 is 1.38 bits per heavy atom. The molecular weight excluding hydrogens is 332 g/mol. The Bertz CT molecular complexity index is 485. The largest absolute Gasteiger partial charge is 0.376 e. The van der Waals surface area contributed by atoms with Gasteiger partial charge in [-0.2, -0.15) is 0 Å². The zero-order valence-corrected chi connectivity index (χ0v) is 14.0. The van der Waals surface area contributed by atoms with Crippen LogP contribution in [0.2, 0.25) is 0 Å². The number of carbonyl (C=O) groups excluding carboxylic acids is 1. The molecule has 0 spiro atoms. The highest BCUT2D eigenvalue weighted by atomic mass is 79.9. The van der Waals surface area contributed by atoms with E-state index < -0.39 is 0 Å². The lowest BCUT2D eigenvalue weighted by molar-refractivity contribution is 0.0267. The Kier molecular flexibility index (Phi) is 6.21. The van der Waals surface area contributed by atoms with Crippen molar-refractivity contribution in [2.24, 2.45) is 5.73 Å². The summed E-state index contributed by atoms with van der Waals surface area (Å²) in [5, 5.41) is 2.90. The molecule has 1 aliphatic carbocycles. The van der Waals surface area contributed by atoms with E-state index in [-0.39, 0.29) is 5.91 Å². The minimum Gasteiger partial charge on any atom is -0.376 e. The van der Waals surface area contributed by atoms with Crippen molar-refractivity contribution < 1.29 is 9.53 Å². The van der Waals surface area contributed by atoms with E-state index in [9.17, 15) is 4.79 Å². The zero-order valence-electron chi connectivity index (χ0n) is 12.4. The molecule has 0 heterocycles. The summed E-state index contributed by atoms with van der Waals surface area (Å²) in [6, 6.07) is 6.01. The fraction of sp³-hybridized carbons (Fsp3) is 0.562.